The predicted octanol–water partition coefficient (Wildman–Crippen LogP) is 2.61. The quantitative estimate of drug-likeness (QED) is 0.832. The summed E-state index contributed by atoms with van der Waals surface area (Å²) in [5.74, 6) is -1.18. The highest BCUT2D eigenvalue weighted by Gasteiger charge is 2.17. The van der Waals surface area contributed by atoms with Crippen LogP contribution in [-0.2, 0) is 0 Å². The number of amides is 1. The molecule has 4 N–H and O–H groups in total. The van der Waals surface area contributed by atoms with Crippen molar-refractivity contribution in [3.8, 4) is 11.5 Å². The normalized spacial score (nSPS) is 10.2. The van der Waals surface area contributed by atoms with E-state index in [4.69, 9.17) is 16.2 Å². The number of ether oxygens (including phenoxy) is 1. The van der Waals surface area contributed by atoms with Crippen LogP contribution < -0.4 is 16.2 Å². The summed E-state index contributed by atoms with van der Waals surface area (Å²) in [6.45, 7) is 1.80. The molecule has 0 aliphatic rings. The zero-order valence-electron chi connectivity index (χ0n) is 10.3. The van der Waals surface area contributed by atoms with Crippen molar-refractivity contribution in [1.29, 1.82) is 0 Å². The van der Waals surface area contributed by atoms with Crippen molar-refractivity contribution in [2.45, 2.75) is 6.92 Å². The highest BCUT2D eigenvalue weighted by Crippen LogP contribution is 2.33. The highest BCUT2D eigenvalue weighted by molar-refractivity contribution is 5.96. The number of aryl methyl sites for hydroxylation is 1. The minimum absolute atomic E-state index is 0.0495. The molecule has 0 aliphatic heterocycles. The smallest absolute Gasteiger partial charge is 0.255 e. The Bertz CT molecular complexity index is 621. The summed E-state index contributed by atoms with van der Waals surface area (Å²) in [6, 6.07) is 9.29. The molecule has 0 bridgehead atoms. The Morgan fingerprint density at radius 1 is 1.21 bits per heavy atom. The Morgan fingerprint density at radius 2 is 1.89 bits per heavy atom. The molecular weight excluding hydrogens is 247 g/mol. The summed E-state index contributed by atoms with van der Waals surface area (Å²) in [5.41, 5.74) is 11.8. The topological polar surface area (TPSA) is 78.3 Å². The van der Waals surface area contributed by atoms with Gasteiger partial charge in [-0.1, -0.05) is 18.2 Å². The number of benzene rings is 2. The molecule has 0 fully saturated rings. The minimum atomic E-state index is -0.889. The molecule has 0 unspecified atom stereocenters. The molecule has 2 aromatic rings. The lowest BCUT2D eigenvalue weighted by molar-refractivity contribution is 0.0994. The molecule has 0 saturated carbocycles. The fourth-order valence-corrected chi connectivity index (χ4v) is 1.75. The van der Waals surface area contributed by atoms with Crippen LogP contribution in [0.5, 0.6) is 11.5 Å². The minimum Gasteiger partial charge on any atom is -0.454 e. The van der Waals surface area contributed by atoms with Crippen LogP contribution in [0.3, 0.4) is 0 Å². The maximum atomic E-state index is 13.6. The first-order valence-electron chi connectivity index (χ1n) is 5.62. The summed E-state index contributed by atoms with van der Waals surface area (Å²) in [6.07, 6.45) is 0. The van der Waals surface area contributed by atoms with Crippen LogP contribution in [-0.4, -0.2) is 5.91 Å². The summed E-state index contributed by atoms with van der Waals surface area (Å²) in [4.78, 5) is 11.3. The van der Waals surface area contributed by atoms with E-state index >= 15 is 0 Å². The average Bonchev–Trinajstić information content (AvgIpc) is 2.33. The van der Waals surface area contributed by atoms with Gasteiger partial charge >= 0.3 is 0 Å². The molecule has 0 saturated heterocycles. The van der Waals surface area contributed by atoms with Gasteiger partial charge in [-0.05, 0) is 30.7 Å². The van der Waals surface area contributed by atoms with Crippen molar-refractivity contribution in [2.75, 3.05) is 5.73 Å². The lowest BCUT2D eigenvalue weighted by Gasteiger charge is -2.13. The van der Waals surface area contributed by atoms with Gasteiger partial charge in [0, 0.05) is 0 Å². The standard InChI is InChI=1S/C14H13FN2O2/c1-8-4-2-6-10(16)13(8)19-11-7-3-5-9(15)12(11)14(17)18/h2-7H,16H2,1H3,(H2,17,18). The van der Waals surface area contributed by atoms with Crippen LogP contribution in [0.15, 0.2) is 36.4 Å². The number of halogens is 1. The van der Waals surface area contributed by atoms with E-state index in [0.717, 1.165) is 11.6 Å². The molecule has 2 aromatic carbocycles. The van der Waals surface area contributed by atoms with Crippen molar-refractivity contribution in [3.05, 3.63) is 53.3 Å². The van der Waals surface area contributed by atoms with Crippen LogP contribution in [0.1, 0.15) is 15.9 Å². The molecule has 0 aliphatic carbocycles. The van der Waals surface area contributed by atoms with Gasteiger partial charge in [0.1, 0.15) is 17.1 Å². The van der Waals surface area contributed by atoms with Gasteiger partial charge in [-0.25, -0.2) is 4.39 Å². The summed E-state index contributed by atoms with van der Waals surface area (Å²) in [7, 11) is 0. The molecule has 2 rings (SSSR count). The predicted molar refractivity (Wildman–Crippen MR) is 70.6 cm³/mol. The summed E-state index contributed by atoms with van der Waals surface area (Å²) >= 11 is 0. The van der Waals surface area contributed by atoms with Crippen molar-refractivity contribution >= 4 is 11.6 Å². The number of hydrogen-bond acceptors (Lipinski definition) is 3. The van der Waals surface area contributed by atoms with Crippen LogP contribution >= 0.6 is 0 Å². The number of hydrogen-bond donors (Lipinski definition) is 2. The highest BCUT2D eigenvalue weighted by atomic mass is 19.1. The molecule has 98 valence electrons. The molecule has 19 heavy (non-hydrogen) atoms. The van der Waals surface area contributed by atoms with Crippen molar-refractivity contribution < 1.29 is 13.9 Å². The molecule has 5 heteroatoms. The molecule has 0 spiro atoms. The first-order chi connectivity index (χ1) is 9.00. The van der Waals surface area contributed by atoms with Crippen LogP contribution in [0, 0.1) is 12.7 Å². The molecule has 0 radical (unpaired) electrons. The Labute approximate surface area is 109 Å². The van der Waals surface area contributed by atoms with Gasteiger partial charge < -0.3 is 16.2 Å². The van der Waals surface area contributed by atoms with Crippen molar-refractivity contribution in [2.24, 2.45) is 5.73 Å². The van der Waals surface area contributed by atoms with E-state index in [1.165, 1.54) is 12.1 Å². The van der Waals surface area contributed by atoms with Crippen LogP contribution in [0.4, 0.5) is 10.1 Å². The third kappa shape index (κ3) is 2.49. The second-order valence-corrected chi connectivity index (χ2v) is 4.07. The first kappa shape index (κ1) is 12.9. The zero-order chi connectivity index (χ0) is 14.0. The number of nitrogens with two attached hydrogens (primary N) is 2. The summed E-state index contributed by atoms with van der Waals surface area (Å²) < 4.78 is 19.1. The third-order valence-electron chi connectivity index (χ3n) is 2.68. The van der Waals surface area contributed by atoms with Crippen LogP contribution in [0.25, 0.3) is 0 Å². The Morgan fingerprint density at radius 3 is 2.53 bits per heavy atom. The van der Waals surface area contributed by atoms with Gasteiger partial charge in [0.2, 0.25) is 0 Å². The molecule has 4 nitrogen and oxygen atoms in total. The molecule has 0 heterocycles. The molecule has 0 atom stereocenters. The summed E-state index contributed by atoms with van der Waals surface area (Å²) in [5, 5.41) is 0. The Balaban J connectivity index is 2.50. The lowest BCUT2D eigenvalue weighted by atomic mass is 10.1. The van der Waals surface area contributed by atoms with Gasteiger partial charge in [-0.3, -0.25) is 4.79 Å². The molecular formula is C14H13FN2O2. The van der Waals surface area contributed by atoms with E-state index in [-0.39, 0.29) is 11.3 Å². The largest absolute Gasteiger partial charge is 0.454 e. The first-order valence-corrected chi connectivity index (χ1v) is 5.62. The van der Waals surface area contributed by atoms with Gasteiger partial charge in [-0.2, -0.15) is 0 Å². The monoisotopic (exact) mass is 260 g/mol. The maximum Gasteiger partial charge on any atom is 0.255 e. The van der Waals surface area contributed by atoms with Gasteiger partial charge in [0.05, 0.1) is 5.69 Å². The Hall–Kier alpha value is -2.56. The van der Waals surface area contributed by atoms with E-state index in [1.807, 2.05) is 0 Å². The van der Waals surface area contributed by atoms with Gasteiger partial charge in [0.25, 0.3) is 5.91 Å². The van der Waals surface area contributed by atoms with Gasteiger partial charge in [0.15, 0.2) is 5.75 Å². The molecule has 1 amide bonds. The SMILES string of the molecule is Cc1cccc(N)c1Oc1cccc(F)c1C(N)=O. The third-order valence-corrected chi connectivity index (χ3v) is 2.68. The van der Waals surface area contributed by atoms with Gasteiger partial charge in [-0.15, -0.1) is 0 Å². The van der Waals surface area contributed by atoms with Crippen molar-refractivity contribution in [1.82, 2.24) is 0 Å². The average molecular weight is 260 g/mol. The number of carbonyl (C=O) groups excluding carboxylic acids is 1. The number of rotatable bonds is 3. The fraction of sp³-hybridized carbons (Fsp3) is 0.0714. The van der Waals surface area contributed by atoms with E-state index < -0.39 is 11.7 Å². The number of primary amides is 1. The number of carbonyl (C=O) groups is 1. The zero-order valence-corrected chi connectivity index (χ0v) is 10.3. The second kappa shape index (κ2) is 4.97. The van der Waals surface area contributed by atoms with Crippen LogP contribution in [0.2, 0.25) is 0 Å². The van der Waals surface area contributed by atoms with E-state index in [9.17, 15) is 9.18 Å². The number of para-hydroxylation sites is 1. The van der Waals surface area contributed by atoms with E-state index in [1.54, 1.807) is 25.1 Å². The van der Waals surface area contributed by atoms with E-state index in [0.29, 0.717) is 11.4 Å². The Kier molecular flexibility index (Phi) is 3.37. The van der Waals surface area contributed by atoms with Crippen molar-refractivity contribution in [3.63, 3.8) is 0 Å². The number of anilines is 1. The molecule has 0 aromatic heterocycles. The van der Waals surface area contributed by atoms with E-state index in [2.05, 4.69) is 0 Å². The second-order valence-electron chi connectivity index (χ2n) is 4.07. The number of nitrogen functional groups attached to an aromatic ring is 1. The fourth-order valence-electron chi connectivity index (χ4n) is 1.75. The maximum absolute atomic E-state index is 13.6. The lowest BCUT2D eigenvalue weighted by Crippen LogP contribution is -2.14.